The lowest BCUT2D eigenvalue weighted by atomic mass is 10.0. The zero-order valence-electron chi connectivity index (χ0n) is 13.6. The molecule has 1 aromatic carbocycles. The molecular weight excluding hydrogens is 250 g/mol. The van der Waals surface area contributed by atoms with Crippen LogP contribution < -0.4 is 0 Å². The van der Waals surface area contributed by atoms with Crippen LogP contribution in [0.5, 0.6) is 0 Å². The molecule has 3 heteroatoms. The molecule has 0 aliphatic carbocycles. The second-order valence-corrected chi connectivity index (χ2v) is 6.55. The zero-order chi connectivity index (χ0) is 15.3. The normalized spacial score (nSPS) is 11.8. The average molecular weight is 277 g/mol. The van der Waals surface area contributed by atoms with Gasteiger partial charge >= 0.3 is 0 Å². The van der Waals surface area contributed by atoms with Crippen LogP contribution in [0.15, 0.2) is 24.3 Å². The number of amides is 1. The lowest BCUT2D eigenvalue weighted by molar-refractivity contribution is -0.140. The van der Waals surface area contributed by atoms with Crippen molar-refractivity contribution in [2.24, 2.45) is 0 Å². The summed E-state index contributed by atoms with van der Waals surface area (Å²) in [5.74, 6) is 0.538. The third-order valence-electron chi connectivity index (χ3n) is 3.12. The minimum Gasteiger partial charge on any atom is -0.366 e. The Labute approximate surface area is 122 Å². The van der Waals surface area contributed by atoms with Gasteiger partial charge in [0.15, 0.2) is 0 Å². The maximum Gasteiger partial charge on any atom is 0.248 e. The molecular formula is C17H27NO2. The van der Waals surface area contributed by atoms with E-state index in [0.29, 0.717) is 12.5 Å². The van der Waals surface area contributed by atoms with E-state index in [0.717, 1.165) is 5.56 Å². The Bertz CT molecular complexity index is 429. The summed E-state index contributed by atoms with van der Waals surface area (Å²) in [4.78, 5) is 13.7. The second kappa shape index (κ2) is 6.89. The van der Waals surface area contributed by atoms with E-state index in [4.69, 9.17) is 4.74 Å². The minimum absolute atomic E-state index is 0.00728. The number of nitrogens with zero attached hydrogens (tertiary/aromatic N) is 1. The molecule has 0 aliphatic heterocycles. The third-order valence-corrected chi connectivity index (χ3v) is 3.12. The lowest BCUT2D eigenvalue weighted by Gasteiger charge is -2.22. The first kappa shape index (κ1) is 16.7. The number of benzene rings is 1. The Balaban J connectivity index is 2.53. The van der Waals surface area contributed by atoms with E-state index in [-0.39, 0.29) is 18.1 Å². The van der Waals surface area contributed by atoms with Crippen LogP contribution in [-0.2, 0) is 16.1 Å². The second-order valence-electron chi connectivity index (χ2n) is 6.55. The van der Waals surface area contributed by atoms with Gasteiger partial charge in [-0.25, -0.2) is 0 Å². The maximum atomic E-state index is 12.0. The molecule has 3 nitrogen and oxygen atoms in total. The first-order valence-corrected chi connectivity index (χ1v) is 7.16. The van der Waals surface area contributed by atoms with Crippen molar-refractivity contribution >= 4 is 5.91 Å². The van der Waals surface area contributed by atoms with Crippen LogP contribution in [0.25, 0.3) is 0 Å². The van der Waals surface area contributed by atoms with Crippen molar-refractivity contribution < 1.29 is 9.53 Å². The summed E-state index contributed by atoms with van der Waals surface area (Å²) >= 11 is 0. The molecule has 0 heterocycles. The first-order chi connectivity index (χ1) is 9.19. The fourth-order valence-electron chi connectivity index (χ4n) is 1.76. The Morgan fingerprint density at radius 2 is 1.75 bits per heavy atom. The highest BCUT2D eigenvalue weighted by molar-refractivity contribution is 5.77. The molecule has 20 heavy (non-hydrogen) atoms. The molecule has 0 atom stereocenters. The van der Waals surface area contributed by atoms with E-state index < -0.39 is 0 Å². The van der Waals surface area contributed by atoms with Crippen molar-refractivity contribution in [2.45, 2.75) is 52.7 Å². The van der Waals surface area contributed by atoms with Gasteiger partial charge in [-0.15, -0.1) is 0 Å². The topological polar surface area (TPSA) is 29.5 Å². The van der Waals surface area contributed by atoms with Crippen molar-refractivity contribution in [3.8, 4) is 0 Å². The Morgan fingerprint density at radius 3 is 2.20 bits per heavy atom. The summed E-state index contributed by atoms with van der Waals surface area (Å²) in [6.07, 6.45) is 0. The summed E-state index contributed by atoms with van der Waals surface area (Å²) < 4.78 is 5.51. The SMILES string of the molecule is CC(C)c1ccc(CN(C)C(=O)COC(C)(C)C)cc1. The molecule has 0 unspecified atom stereocenters. The maximum absolute atomic E-state index is 12.0. The highest BCUT2D eigenvalue weighted by atomic mass is 16.5. The molecule has 1 amide bonds. The third kappa shape index (κ3) is 5.74. The number of rotatable bonds is 5. The summed E-state index contributed by atoms with van der Waals surface area (Å²) in [5.41, 5.74) is 2.18. The number of hydrogen-bond acceptors (Lipinski definition) is 2. The molecule has 0 aliphatic rings. The minimum atomic E-state index is -0.282. The number of carbonyl (C=O) groups excluding carboxylic acids is 1. The van der Waals surface area contributed by atoms with Gasteiger partial charge in [-0.1, -0.05) is 38.1 Å². The van der Waals surface area contributed by atoms with Crippen LogP contribution in [0.2, 0.25) is 0 Å². The van der Waals surface area contributed by atoms with E-state index in [1.54, 1.807) is 4.90 Å². The van der Waals surface area contributed by atoms with Gasteiger partial charge in [0.1, 0.15) is 6.61 Å². The standard InChI is InChI=1S/C17H27NO2/c1-13(2)15-9-7-14(8-10-15)11-18(6)16(19)12-20-17(3,4)5/h7-10,13H,11-12H2,1-6H3. The lowest BCUT2D eigenvalue weighted by Crippen LogP contribution is -2.33. The fraction of sp³-hybridized carbons (Fsp3) is 0.588. The van der Waals surface area contributed by atoms with E-state index in [2.05, 4.69) is 38.1 Å². The van der Waals surface area contributed by atoms with Gasteiger partial charge in [-0.05, 0) is 37.8 Å². The molecule has 0 spiro atoms. The van der Waals surface area contributed by atoms with Gasteiger partial charge in [-0.2, -0.15) is 0 Å². The summed E-state index contributed by atoms with van der Waals surface area (Å²) in [7, 11) is 1.81. The molecule has 112 valence electrons. The molecule has 1 rings (SSSR count). The predicted octanol–water partition coefficient (Wildman–Crippen LogP) is 3.58. The van der Waals surface area contributed by atoms with Crippen LogP contribution >= 0.6 is 0 Å². The van der Waals surface area contributed by atoms with Crippen LogP contribution in [0.4, 0.5) is 0 Å². The van der Waals surface area contributed by atoms with Crippen molar-refractivity contribution in [1.29, 1.82) is 0 Å². The summed E-state index contributed by atoms with van der Waals surface area (Å²) in [6, 6.07) is 8.43. The van der Waals surface area contributed by atoms with Crippen molar-refractivity contribution in [3.63, 3.8) is 0 Å². The highest BCUT2D eigenvalue weighted by Gasteiger charge is 2.15. The molecule has 0 bridgehead atoms. The molecule has 1 aromatic rings. The van der Waals surface area contributed by atoms with E-state index >= 15 is 0 Å². The molecule has 0 saturated heterocycles. The van der Waals surface area contributed by atoms with Gasteiger partial charge in [0, 0.05) is 13.6 Å². The van der Waals surface area contributed by atoms with Crippen LogP contribution in [0, 0.1) is 0 Å². The van der Waals surface area contributed by atoms with Crippen molar-refractivity contribution in [3.05, 3.63) is 35.4 Å². The Kier molecular flexibility index (Phi) is 5.75. The van der Waals surface area contributed by atoms with Gasteiger partial charge in [0.2, 0.25) is 5.91 Å². The van der Waals surface area contributed by atoms with Crippen LogP contribution in [0.1, 0.15) is 51.7 Å². The van der Waals surface area contributed by atoms with Gasteiger partial charge in [0.05, 0.1) is 5.60 Å². The average Bonchev–Trinajstić information content (AvgIpc) is 2.35. The van der Waals surface area contributed by atoms with Crippen LogP contribution in [0.3, 0.4) is 0 Å². The molecule has 0 radical (unpaired) electrons. The number of ether oxygens (including phenoxy) is 1. The summed E-state index contributed by atoms with van der Waals surface area (Å²) in [5, 5.41) is 0. The largest absolute Gasteiger partial charge is 0.366 e. The van der Waals surface area contributed by atoms with E-state index in [9.17, 15) is 4.79 Å². The number of carbonyl (C=O) groups is 1. The number of hydrogen-bond donors (Lipinski definition) is 0. The van der Waals surface area contributed by atoms with Crippen molar-refractivity contribution in [2.75, 3.05) is 13.7 Å². The van der Waals surface area contributed by atoms with Gasteiger partial charge in [0.25, 0.3) is 0 Å². The monoisotopic (exact) mass is 277 g/mol. The highest BCUT2D eigenvalue weighted by Crippen LogP contribution is 2.15. The fourth-order valence-corrected chi connectivity index (χ4v) is 1.76. The Morgan fingerprint density at radius 1 is 1.20 bits per heavy atom. The van der Waals surface area contributed by atoms with Gasteiger partial charge in [-0.3, -0.25) is 4.79 Å². The predicted molar refractivity (Wildman–Crippen MR) is 82.7 cm³/mol. The molecule has 0 aromatic heterocycles. The van der Waals surface area contributed by atoms with Crippen LogP contribution in [-0.4, -0.2) is 30.1 Å². The number of likely N-dealkylation sites (N-methyl/N-ethyl adjacent to an activating group) is 1. The molecule has 0 fully saturated rings. The quantitative estimate of drug-likeness (QED) is 0.823. The Hall–Kier alpha value is -1.35. The van der Waals surface area contributed by atoms with Gasteiger partial charge < -0.3 is 9.64 Å². The molecule has 0 N–H and O–H groups in total. The smallest absolute Gasteiger partial charge is 0.248 e. The first-order valence-electron chi connectivity index (χ1n) is 7.16. The molecule has 0 saturated carbocycles. The van der Waals surface area contributed by atoms with Crippen molar-refractivity contribution in [1.82, 2.24) is 4.90 Å². The van der Waals surface area contributed by atoms with E-state index in [1.807, 2.05) is 27.8 Å². The zero-order valence-corrected chi connectivity index (χ0v) is 13.6. The summed E-state index contributed by atoms with van der Waals surface area (Å²) in [6.45, 7) is 10.9. The van der Waals surface area contributed by atoms with E-state index in [1.165, 1.54) is 5.56 Å².